The molecule has 0 radical (unpaired) electrons. The second kappa shape index (κ2) is 7.43. The molecule has 0 unspecified atom stereocenters. The van der Waals surface area contributed by atoms with E-state index in [1.54, 1.807) is 6.07 Å². The number of rotatable bonds is 6. The van der Waals surface area contributed by atoms with E-state index in [1.807, 2.05) is 20.8 Å². The molecule has 7 nitrogen and oxygen atoms in total. The quantitative estimate of drug-likeness (QED) is 0.772. The van der Waals surface area contributed by atoms with Gasteiger partial charge >= 0.3 is 5.97 Å². The number of carboxylic acids is 1. The van der Waals surface area contributed by atoms with E-state index in [0.717, 1.165) is 20.5 Å². The van der Waals surface area contributed by atoms with Gasteiger partial charge in [-0.1, -0.05) is 20.8 Å². The normalized spacial score (nSPS) is 19.1. The topological polar surface area (TPSA) is 104 Å². The number of carbonyl (C=O) groups is 2. The van der Waals surface area contributed by atoms with E-state index in [2.05, 4.69) is 5.32 Å². The first-order valence-electron chi connectivity index (χ1n) is 8.15. The zero-order valence-electron chi connectivity index (χ0n) is 14.6. The van der Waals surface area contributed by atoms with E-state index >= 15 is 0 Å². The highest BCUT2D eigenvalue weighted by molar-refractivity contribution is 7.91. The lowest BCUT2D eigenvalue weighted by Gasteiger charge is -2.19. The van der Waals surface area contributed by atoms with Crippen molar-refractivity contribution in [2.75, 3.05) is 13.1 Å². The summed E-state index contributed by atoms with van der Waals surface area (Å²) in [7, 11) is -3.79. The molecular weight excluding hydrogens is 364 g/mol. The summed E-state index contributed by atoms with van der Waals surface area (Å²) in [5.74, 6) is -1.17. The van der Waals surface area contributed by atoms with E-state index in [4.69, 9.17) is 0 Å². The first kappa shape index (κ1) is 19.9. The van der Waals surface area contributed by atoms with Gasteiger partial charge in [0.05, 0.1) is 0 Å². The van der Waals surface area contributed by atoms with E-state index in [1.165, 1.54) is 6.07 Å². The summed E-state index contributed by atoms with van der Waals surface area (Å²) in [6, 6.07) is 2.24. The van der Waals surface area contributed by atoms with Gasteiger partial charge in [0.1, 0.15) is 10.3 Å². The number of amides is 1. The van der Waals surface area contributed by atoms with Crippen LogP contribution in [0.25, 0.3) is 0 Å². The molecule has 2 rings (SSSR count). The van der Waals surface area contributed by atoms with E-state index in [9.17, 15) is 23.1 Å². The third-order valence-corrected chi connectivity index (χ3v) is 7.55. The Morgan fingerprint density at radius 1 is 1.36 bits per heavy atom. The van der Waals surface area contributed by atoms with Crippen molar-refractivity contribution in [3.05, 3.63) is 17.0 Å². The van der Waals surface area contributed by atoms with Crippen LogP contribution in [0.1, 0.15) is 38.5 Å². The van der Waals surface area contributed by atoms with Gasteiger partial charge in [0.2, 0.25) is 5.91 Å². The molecule has 1 saturated heterocycles. The summed E-state index contributed by atoms with van der Waals surface area (Å²) < 4.78 is 26.6. The molecule has 25 heavy (non-hydrogen) atoms. The van der Waals surface area contributed by atoms with Crippen LogP contribution in [0, 0.1) is 5.41 Å². The van der Waals surface area contributed by atoms with Gasteiger partial charge in [-0.05, 0) is 31.4 Å². The molecule has 2 N–H and O–H groups in total. The van der Waals surface area contributed by atoms with Crippen molar-refractivity contribution in [3.8, 4) is 0 Å². The zero-order chi connectivity index (χ0) is 18.8. The van der Waals surface area contributed by atoms with Crippen LogP contribution in [-0.2, 0) is 26.0 Å². The van der Waals surface area contributed by atoms with Gasteiger partial charge in [0.25, 0.3) is 10.0 Å². The summed E-state index contributed by atoms with van der Waals surface area (Å²) in [4.78, 5) is 23.9. The Kier molecular flexibility index (Phi) is 5.90. The number of hydrogen-bond donors (Lipinski definition) is 2. The lowest BCUT2D eigenvalue weighted by Crippen LogP contribution is -2.40. The Morgan fingerprint density at radius 3 is 2.64 bits per heavy atom. The van der Waals surface area contributed by atoms with Crippen LogP contribution in [0.5, 0.6) is 0 Å². The van der Waals surface area contributed by atoms with Gasteiger partial charge in [-0.3, -0.25) is 9.59 Å². The van der Waals surface area contributed by atoms with Crippen molar-refractivity contribution in [2.24, 2.45) is 5.41 Å². The molecule has 0 aliphatic carbocycles. The Labute approximate surface area is 152 Å². The minimum atomic E-state index is -3.79. The molecule has 1 aliphatic heterocycles. The maximum atomic E-state index is 12.7. The molecule has 1 amide bonds. The highest BCUT2D eigenvalue weighted by atomic mass is 32.2. The van der Waals surface area contributed by atoms with Crippen LogP contribution in [0.15, 0.2) is 16.3 Å². The van der Waals surface area contributed by atoms with Crippen LogP contribution in [0.3, 0.4) is 0 Å². The summed E-state index contributed by atoms with van der Waals surface area (Å²) in [6.07, 6.45) is 1.42. The first-order valence-corrected chi connectivity index (χ1v) is 10.4. The lowest BCUT2D eigenvalue weighted by molar-refractivity contribution is -0.140. The van der Waals surface area contributed by atoms with Crippen LogP contribution < -0.4 is 5.32 Å². The molecular formula is C16H24N2O5S2. The number of nitrogens with one attached hydrogen (secondary N) is 1. The molecule has 0 spiro atoms. The predicted molar refractivity (Wildman–Crippen MR) is 95.0 cm³/mol. The maximum Gasteiger partial charge on any atom is 0.322 e. The fourth-order valence-electron chi connectivity index (χ4n) is 2.59. The molecule has 0 aromatic carbocycles. The number of hydrogen-bond acceptors (Lipinski definition) is 5. The number of aliphatic carboxylic acids is 1. The van der Waals surface area contributed by atoms with Gasteiger partial charge in [-0.25, -0.2) is 8.42 Å². The number of sulfonamides is 1. The molecule has 2 heterocycles. The number of thiophene rings is 1. The minimum absolute atomic E-state index is 0.0572. The van der Waals surface area contributed by atoms with Crippen molar-refractivity contribution < 1.29 is 23.1 Å². The molecule has 1 aliphatic rings. The van der Waals surface area contributed by atoms with E-state index in [-0.39, 0.29) is 16.7 Å². The molecule has 0 saturated carbocycles. The van der Waals surface area contributed by atoms with Crippen molar-refractivity contribution in [1.29, 1.82) is 0 Å². The van der Waals surface area contributed by atoms with Crippen molar-refractivity contribution in [1.82, 2.24) is 9.62 Å². The third-order valence-electron chi connectivity index (χ3n) is 4.03. The summed E-state index contributed by atoms with van der Waals surface area (Å²) in [5, 5.41) is 12.0. The molecule has 9 heteroatoms. The zero-order valence-corrected chi connectivity index (χ0v) is 16.2. The summed E-state index contributed by atoms with van der Waals surface area (Å²) >= 11 is 1.13. The number of carbonyl (C=O) groups excluding carboxylic acids is 1. The Balaban J connectivity index is 2.03. The van der Waals surface area contributed by atoms with E-state index in [0.29, 0.717) is 25.8 Å². The highest BCUT2D eigenvalue weighted by Gasteiger charge is 2.40. The minimum Gasteiger partial charge on any atom is -0.480 e. The summed E-state index contributed by atoms with van der Waals surface area (Å²) in [5.41, 5.74) is -0.467. The predicted octanol–water partition coefficient (Wildman–Crippen LogP) is 1.69. The van der Waals surface area contributed by atoms with Crippen LogP contribution in [-0.4, -0.2) is 48.8 Å². The highest BCUT2D eigenvalue weighted by Crippen LogP contribution is 2.30. The maximum absolute atomic E-state index is 12.7. The third kappa shape index (κ3) is 4.59. The van der Waals surface area contributed by atoms with Gasteiger partial charge in [-0.15, -0.1) is 11.3 Å². The fraction of sp³-hybridized carbons (Fsp3) is 0.625. The average molecular weight is 389 g/mol. The van der Waals surface area contributed by atoms with Gasteiger partial charge in [-0.2, -0.15) is 4.31 Å². The Bertz CT molecular complexity index is 749. The van der Waals surface area contributed by atoms with Crippen molar-refractivity contribution >= 4 is 33.2 Å². The smallest absolute Gasteiger partial charge is 0.322 e. The van der Waals surface area contributed by atoms with Crippen molar-refractivity contribution in [2.45, 2.75) is 50.3 Å². The largest absolute Gasteiger partial charge is 0.480 e. The van der Waals surface area contributed by atoms with Crippen molar-refractivity contribution in [3.63, 3.8) is 0 Å². The van der Waals surface area contributed by atoms with Gasteiger partial charge in [0, 0.05) is 23.4 Å². The molecule has 1 fully saturated rings. The molecule has 140 valence electrons. The lowest BCUT2D eigenvalue weighted by atomic mass is 9.96. The van der Waals surface area contributed by atoms with Crippen LogP contribution in [0.2, 0.25) is 0 Å². The van der Waals surface area contributed by atoms with Gasteiger partial charge in [0.15, 0.2) is 0 Å². The van der Waals surface area contributed by atoms with Crippen LogP contribution in [0.4, 0.5) is 0 Å². The SMILES string of the molecule is CC(C)(C)C(=O)NCCc1ccc(S(=O)(=O)N2CCC[C@@H]2C(=O)O)s1. The van der Waals surface area contributed by atoms with Crippen LogP contribution >= 0.6 is 11.3 Å². The first-order chi connectivity index (χ1) is 11.5. The molecule has 1 atom stereocenters. The van der Waals surface area contributed by atoms with E-state index < -0.39 is 27.4 Å². The molecule has 1 aromatic heterocycles. The number of nitrogens with zero attached hydrogens (tertiary/aromatic N) is 1. The molecule has 1 aromatic rings. The second-order valence-electron chi connectivity index (χ2n) is 7.09. The van der Waals surface area contributed by atoms with Gasteiger partial charge < -0.3 is 10.4 Å². The average Bonchev–Trinajstić information content (AvgIpc) is 3.15. The summed E-state index contributed by atoms with van der Waals surface area (Å²) in [6.45, 7) is 6.14. The monoisotopic (exact) mass is 388 g/mol. The standard InChI is InChI=1S/C16H24N2O5S2/c1-16(2,3)15(21)17-9-8-11-6-7-13(24-11)25(22,23)18-10-4-5-12(18)14(19)20/h6-7,12H,4-5,8-10H2,1-3H3,(H,17,21)(H,19,20)/t12-/m1/s1. The molecule has 0 bridgehead atoms. The number of carboxylic acid groups (broad SMARTS) is 1. The Hall–Kier alpha value is -1.45. The Morgan fingerprint density at radius 2 is 2.04 bits per heavy atom. The fourth-order valence-corrected chi connectivity index (χ4v) is 5.72. The second-order valence-corrected chi connectivity index (χ2v) is 10.4.